The Labute approximate surface area is 181 Å². The van der Waals surface area contributed by atoms with Crippen LogP contribution in [0.15, 0.2) is 30.3 Å². The number of nitrogens with zero attached hydrogens (tertiary/aromatic N) is 2. The van der Waals surface area contributed by atoms with Gasteiger partial charge >= 0.3 is 6.18 Å². The Bertz CT molecular complexity index is 1070. The molecule has 12 heteroatoms. The molecule has 176 valence electrons. The Kier molecular flexibility index (Phi) is 7.15. The molecule has 1 fully saturated rings. The number of nitrogens with two attached hydrogens (primary N) is 1. The summed E-state index contributed by atoms with van der Waals surface area (Å²) in [6.45, 7) is 0.167. The predicted molar refractivity (Wildman–Crippen MR) is 104 cm³/mol. The molecule has 0 saturated carbocycles. The number of hydrogen-bond acceptors (Lipinski definition) is 4. The van der Waals surface area contributed by atoms with Crippen molar-refractivity contribution in [1.82, 2.24) is 9.29 Å². The fourth-order valence-electron chi connectivity index (χ4n) is 3.72. The largest absolute Gasteiger partial charge is 0.433 e. The standard InChI is InChI=1S/C20H21F6N3O2S/c21-15-10-17(23)16(22)8-13(15)9-18(27)12-4-6-29(7-5-12)32(30,31)11-14-2-1-3-19(28-14)20(24,25)26/h1-3,8,10,12,18H,4-7,9,11,27H2/t18-/m1/s1. The average molecular weight is 481 g/mol. The molecule has 1 atom stereocenters. The van der Waals surface area contributed by atoms with E-state index in [4.69, 9.17) is 5.73 Å². The van der Waals surface area contributed by atoms with E-state index >= 15 is 0 Å². The molecule has 0 amide bonds. The summed E-state index contributed by atoms with van der Waals surface area (Å²) < 4.78 is 105. The van der Waals surface area contributed by atoms with Gasteiger partial charge in [-0.2, -0.15) is 13.2 Å². The normalized spacial score (nSPS) is 17.5. The lowest BCUT2D eigenvalue weighted by molar-refractivity contribution is -0.141. The second kappa shape index (κ2) is 9.36. The minimum absolute atomic E-state index is 0.0470. The van der Waals surface area contributed by atoms with Gasteiger partial charge in [-0.05, 0) is 48.9 Å². The van der Waals surface area contributed by atoms with Crippen LogP contribution < -0.4 is 5.73 Å². The molecule has 32 heavy (non-hydrogen) atoms. The van der Waals surface area contributed by atoms with E-state index in [1.807, 2.05) is 0 Å². The lowest BCUT2D eigenvalue weighted by atomic mass is 9.87. The van der Waals surface area contributed by atoms with Crippen LogP contribution in [0.3, 0.4) is 0 Å². The predicted octanol–water partition coefficient (Wildman–Crippen LogP) is 3.63. The Hall–Kier alpha value is -2.18. The number of piperidine rings is 1. The summed E-state index contributed by atoms with van der Waals surface area (Å²) in [5.41, 5.74) is 4.66. The van der Waals surface area contributed by atoms with Crippen LogP contribution in [0, 0.1) is 23.4 Å². The van der Waals surface area contributed by atoms with Crippen molar-refractivity contribution in [2.75, 3.05) is 13.1 Å². The number of aromatic nitrogens is 1. The molecule has 1 aromatic carbocycles. The van der Waals surface area contributed by atoms with Gasteiger partial charge in [0.2, 0.25) is 10.0 Å². The smallest absolute Gasteiger partial charge is 0.327 e. The third kappa shape index (κ3) is 5.78. The molecule has 2 heterocycles. The molecule has 5 nitrogen and oxygen atoms in total. The van der Waals surface area contributed by atoms with E-state index in [1.54, 1.807) is 0 Å². The Morgan fingerprint density at radius 2 is 1.69 bits per heavy atom. The molecular formula is C20H21F6N3O2S. The molecular weight excluding hydrogens is 460 g/mol. The van der Waals surface area contributed by atoms with Gasteiger partial charge in [0.05, 0.1) is 5.69 Å². The first-order valence-electron chi connectivity index (χ1n) is 9.77. The Morgan fingerprint density at radius 1 is 1.06 bits per heavy atom. The van der Waals surface area contributed by atoms with E-state index in [1.165, 1.54) is 6.07 Å². The zero-order valence-corrected chi connectivity index (χ0v) is 17.6. The summed E-state index contributed by atoms with van der Waals surface area (Å²) >= 11 is 0. The van der Waals surface area contributed by atoms with Gasteiger partial charge in [-0.3, -0.25) is 0 Å². The van der Waals surface area contributed by atoms with Gasteiger partial charge in [-0.1, -0.05) is 6.07 Å². The number of benzene rings is 1. The van der Waals surface area contributed by atoms with Crippen LogP contribution in [0.5, 0.6) is 0 Å². The lowest BCUT2D eigenvalue weighted by Crippen LogP contribution is -2.44. The second-order valence-electron chi connectivity index (χ2n) is 7.73. The van der Waals surface area contributed by atoms with Crippen LogP contribution in [0.1, 0.15) is 29.8 Å². The number of alkyl halides is 3. The highest BCUT2D eigenvalue weighted by molar-refractivity contribution is 7.88. The van der Waals surface area contributed by atoms with E-state index in [0.29, 0.717) is 18.9 Å². The van der Waals surface area contributed by atoms with Crippen molar-refractivity contribution in [3.8, 4) is 0 Å². The molecule has 2 aromatic rings. The van der Waals surface area contributed by atoms with Crippen LogP contribution in [0.2, 0.25) is 0 Å². The molecule has 3 rings (SSSR count). The first-order chi connectivity index (χ1) is 14.9. The summed E-state index contributed by atoms with van der Waals surface area (Å²) in [6, 6.07) is 3.68. The van der Waals surface area contributed by atoms with E-state index in [0.717, 1.165) is 22.5 Å². The number of rotatable bonds is 6. The fourth-order valence-corrected chi connectivity index (χ4v) is 5.20. The van der Waals surface area contributed by atoms with Gasteiger partial charge < -0.3 is 5.73 Å². The highest BCUT2D eigenvalue weighted by Gasteiger charge is 2.34. The monoisotopic (exact) mass is 481 g/mol. The molecule has 2 N–H and O–H groups in total. The summed E-state index contributed by atoms with van der Waals surface area (Å²) in [6.07, 6.45) is -4.06. The number of halogens is 6. The van der Waals surface area contributed by atoms with Crippen LogP contribution in [0.4, 0.5) is 26.3 Å². The minimum atomic E-state index is -4.68. The fraction of sp³-hybridized carbons (Fsp3) is 0.450. The van der Waals surface area contributed by atoms with Crippen molar-refractivity contribution >= 4 is 10.0 Å². The van der Waals surface area contributed by atoms with E-state index in [-0.39, 0.29) is 36.7 Å². The van der Waals surface area contributed by atoms with Gasteiger partial charge in [0.1, 0.15) is 17.3 Å². The maximum Gasteiger partial charge on any atom is 0.433 e. The first-order valence-corrected chi connectivity index (χ1v) is 11.4. The SMILES string of the molecule is N[C@H](Cc1cc(F)c(F)cc1F)C1CCN(S(=O)(=O)Cc2cccc(C(F)(F)F)n2)CC1. The van der Waals surface area contributed by atoms with Crippen molar-refractivity contribution in [3.63, 3.8) is 0 Å². The third-order valence-electron chi connectivity index (χ3n) is 5.47. The summed E-state index contributed by atoms with van der Waals surface area (Å²) in [7, 11) is -3.91. The van der Waals surface area contributed by atoms with Crippen LogP contribution >= 0.6 is 0 Å². The zero-order chi connectivity index (χ0) is 23.7. The van der Waals surface area contributed by atoms with Crippen molar-refractivity contribution in [1.29, 1.82) is 0 Å². The molecule has 0 radical (unpaired) electrons. The topological polar surface area (TPSA) is 76.3 Å². The van der Waals surface area contributed by atoms with E-state index < -0.39 is 51.1 Å². The molecule has 1 saturated heterocycles. The number of sulfonamides is 1. The van der Waals surface area contributed by atoms with Gasteiger partial charge in [-0.15, -0.1) is 0 Å². The average Bonchev–Trinajstić information content (AvgIpc) is 2.71. The molecule has 0 aliphatic carbocycles. The van der Waals surface area contributed by atoms with Gasteiger partial charge in [0.25, 0.3) is 0 Å². The van der Waals surface area contributed by atoms with E-state index in [9.17, 15) is 34.8 Å². The quantitative estimate of drug-likeness (QED) is 0.505. The molecule has 1 aliphatic rings. The van der Waals surface area contributed by atoms with Crippen molar-refractivity contribution in [3.05, 3.63) is 64.7 Å². The molecule has 1 aliphatic heterocycles. The van der Waals surface area contributed by atoms with Gasteiger partial charge in [-0.25, -0.2) is 30.9 Å². The van der Waals surface area contributed by atoms with Crippen LogP contribution in [-0.4, -0.2) is 36.8 Å². The Morgan fingerprint density at radius 3 is 2.31 bits per heavy atom. The lowest BCUT2D eigenvalue weighted by Gasteiger charge is -2.34. The number of pyridine rings is 1. The molecule has 0 bridgehead atoms. The van der Waals surface area contributed by atoms with Gasteiger partial charge in [0.15, 0.2) is 11.6 Å². The maximum atomic E-state index is 13.9. The van der Waals surface area contributed by atoms with Crippen molar-refractivity contribution < 1.29 is 34.8 Å². The second-order valence-corrected chi connectivity index (χ2v) is 9.70. The maximum absolute atomic E-state index is 13.9. The molecule has 0 unspecified atom stereocenters. The highest BCUT2D eigenvalue weighted by atomic mass is 32.2. The third-order valence-corrected chi connectivity index (χ3v) is 7.28. The van der Waals surface area contributed by atoms with Crippen molar-refractivity contribution in [2.45, 2.75) is 37.2 Å². The van der Waals surface area contributed by atoms with Crippen LogP contribution in [-0.2, 0) is 28.4 Å². The molecule has 0 spiro atoms. The summed E-state index contributed by atoms with van der Waals surface area (Å²) in [5, 5.41) is 0. The van der Waals surface area contributed by atoms with Crippen molar-refractivity contribution in [2.24, 2.45) is 11.7 Å². The van der Waals surface area contributed by atoms with Gasteiger partial charge in [0, 0.05) is 25.2 Å². The first kappa shape index (κ1) is 24.5. The van der Waals surface area contributed by atoms with Crippen LogP contribution in [0.25, 0.3) is 0 Å². The summed E-state index contributed by atoms with van der Waals surface area (Å²) in [5.74, 6) is -4.26. The summed E-state index contributed by atoms with van der Waals surface area (Å²) in [4.78, 5) is 3.39. The zero-order valence-electron chi connectivity index (χ0n) is 16.7. The highest BCUT2D eigenvalue weighted by Crippen LogP contribution is 2.29. The van der Waals surface area contributed by atoms with E-state index in [2.05, 4.69) is 4.98 Å². The number of hydrogen-bond donors (Lipinski definition) is 1. The minimum Gasteiger partial charge on any atom is -0.327 e. The molecule has 1 aromatic heterocycles. The Balaban J connectivity index is 1.60.